The number of amides is 1. The van der Waals surface area contributed by atoms with E-state index in [1.165, 1.54) is 5.56 Å². The molecule has 144 valence electrons. The van der Waals surface area contributed by atoms with Crippen molar-refractivity contribution in [3.8, 4) is 0 Å². The van der Waals surface area contributed by atoms with Crippen LogP contribution in [0.1, 0.15) is 48.9 Å². The summed E-state index contributed by atoms with van der Waals surface area (Å²) in [5.74, 6) is 2.58. The highest BCUT2D eigenvalue weighted by Crippen LogP contribution is 2.29. The standard InChI is InChI=1S/C22H30N4O/c1-24-16-11-23-22(24)20-9-14-26(15-10-20)21(27)17-25-12-7-19(8-13-25)18-5-3-2-4-6-18/h2-6,11,16,19-20H,7-10,12-15,17H2,1H3. The lowest BCUT2D eigenvalue weighted by Crippen LogP contribution is -2.45. The first-order valence-electron chi connectivity index (χ1n) is 10.2. The molecule has 0 aliphatic carbocycles. The van der Waals surface area contributed by atoms with E-state index in [0.29, 0.717) is 24.3 Å². The van der Waals surface area contributed by atoms with Gasteiger partial charge in [0.15, 0.2) is 0 Å². The van der Waals surface area contributed by atoms with Crippen LogP contribution in [0.15, 0.2) is 42.7 Å². The number of rotatable bonds is 4. The SMILES string of the molecule is Cn1ccnc1C1CCN(C(=O)CN2CCC(c3ccccc3)CC2)CC1. The summed E-state index contributed by atoms with van der Waals surface area (Å²) in [5.41, 5.74) is 1.44. The molecule has 2 aliphatic rings. The molecule has 2 fully saturated rings. The topological polar surface area (TPSA) is 41.4 Å². The normalized spacial score (nSPS) is 20.1. The number of carbonyl (C=O) groups is 1. The summed E-state index contributed by atoms with van der Waals surface area (Å²) in [5, 5.41) is 0. The van der Waals surface area contributed by atoms with Crippen LogP contribution >= 0.6 is 0 Å². The molecule has 0 N–H and O–H groups in total. The number of hydrogen-bond donors (Lipinski definition) is 0. The van der Waals surface area contributed by atoms with Crippen LogP contribution in [0, 0.1) is 0 Å². The minimum atomic E-state index is 0.298. The van der Waals surface area contributed by atoms with Crippen LogP contribution in [0.2, 0.25) is 0 Å². The summed E-state index contributed by atoms with van der Waals surface area (Å²) in [6, 6.07) is 10.8. The van der Waals surface area contributed by atoms with Crippen LogP contribution < -0.4 is 0 Å². The van der Waals surface area contributed by atoms with Crippen LogP contribution in [-0.4, -0.2) is 58.0 Å². The van der Waals surface area contributed by atoms with Crippen molar-refractivity contribution in [1.82, 2.24) is 19.4 Å². The number of imidazole rings is 1. The number of benzene rings is 1. The van der Waals surface area contributed by atoms with Gasteiger partial charge in [-0.15, -0.1) is 0 Å². The van der Waals surface area contributed by atoms with E-state index in [1.54, 1.807) is 0 Å². The Kier molecular flexibility index (Phi) is 5.58. The van der Waals surface area contributed by atoms with Gasteiger partial charge in [0, 0.05) is 38.4 Å². The average molecular weight is 367 g/mol. The number of carbonyl (C=O) groups excluding carboxylic acids is 1. The summed E-state index contributed by atoms with van der Waals surface area (Å²) in [4.78, 5) is 21.6. The largest absolute Gasteiger partial charge is 0.342 e. The lowest BCUT2D eigenvalue weighted by Gasteiger charge is -2.35. The number of likely N-dealkylation sites (tertiary alicyclic amines) is 2. The second-order valence-corrected chi connectivity index (χ2v) is 8.01. The smallest absolute Gasteiger partial charge is 0.236 e. The first-order valence-corrected chi connectivity index (χ1v) is 10.2. The van der Waals surface area contributed by atoms with Crippen molar-refractivity contribution in [2.24, 2.45) is 7.05 Å². The second kappa shape index (κ2) is 8.26. The highest BCUT2D eigenvalue weighted by molar-refractivity contribution is 5.78. The molecule has 0 spiro atoms. The van der Waals surface area contributed by atoms with Crippen molar-refractivity contribution in [2.75, 3.05) is 32.7 Å². The van der Waals surface area contributed by atoms with E-state index in [4.69, 9.17) is 0 Å². The molecule has 27 heavy (non-hydrogen) atoms. The maximum absolute atomic E-state index is 12.7. The highest BCUT2D eigenvalue weighted by atomic mass is 16.2. The molecule has 4 rings (SSSR count). The molecular weight excluding hydrogens is 336 g/mol. The Morgan fingerprint density at radius 3 is 2.30 bits per heavy atom. The maximum atomic E-state index is 12.7. The lowest BCUT2D eigenvalue weighted by atomic mass is 9.89. The molecule has 0 unspecified atom stereocenters. The molecule has 0 saturated carbocycles. The molecule has 1 aromatic heterocycles. The molecule has 1 aromatic carbocycles. The van der Waals surface area contributed by atoms with Gasteiger partial charge in [-0.1, -0.05) is 30.3 Å². The quantitative estimate of drug-likeness (QED) is 0.835. The van der Waals surface area contributed by atoms with Crippen LogP contribution in [0.4, 0.5) is 0 Å². The Balaban J connectivity index is 1.23. The predicted octanol–water partition coefficient (Wildman–Crippen LogP) is 3.01. The summed E-state index contributed by atoms with van der Waals surface area (Å²) in [6.45, 7) is 4.34. The van der Waals surface area contributed by atoms with Crippen molar-refractivity contribution < 1.29 is 4.79 Å². The van der Waals surface area contributed by atoms with Gasteiger partial charge in [0.05, 0.1) is 6.54 Å². The maximum Gasteiger partial charge on any atom is 0.236 e. The van der Waals surface area contributed by atoms with Crippen LogP contribution in [0.25, 0.3) is 0 Å². The third-order valence-electron chi connectivity index (χ3n) is 6.29. The first-order chi connectivity index (χ1) is 13.2. The summed E-state index contributed by atoms with van der Waals surface area (Å²) < 4.78 is 2.11. The predicted molar refractivity (Wildman–Crippen MR) is 107 cm³/mol. The van der Waals surface area contributed by atoms with Crippen molar-refractivity contribution in [3.05, 3.63) is 54.1 Å². The zero-order valence-electron chi connectivity index (χ0n) is 16.3. The number of aromatic nitrogens is 2. The molecule has 0 bridgehead atoms. The zero-order valence-corrected chi connectivity index (χ0v) is 16.3. The number of aryl methyl sites for hydroxylation is 1. The second-order valence-electron chi connectivity index (χ2n) is 8.01. The zero-order chi connectivity index (χ0) is 18.6. The van der Waals surface area contributed by atoms with Crippen molar-refractivity contribution in [3.63, 3.8) is 0 Å². The van der Waals surface area contributed by atoms with E-state index < -0.39 is 0 Å². The number of hydrogen-bond acceptors (Lipinski definition) is 3. The van der Waals surface area contributed by atoms with Gasteiger partial charge >= 0.3 is 0 Å². The Hall–Kier alpha value is -2.14. The summed E-state index contributed by atoms with van der Waals surface area (Å²) in [7, 11) is 2.05. The fraction of sp³-hybridized carbons (Fsp3) is 0.545. The third-order valence-corrected chi connectivity index (χ3v) is 6.29. The number of piperidine rings is 2. The Morgan fingerprint density at radius 2 is 1.67 bits per heavy atom. The molecule has 5 heteroatoms. The van der Waals surface area contributed by atoms with E-state index >= 15 is 0 Å². The van der Waals surface area contributed by atoms with Crippen LogP contribution in [0.3, 0.4) is 0 Å². The molecule has 2 saturated heterocycles. The molecular formula is C22H30N4O. The van der Waals surface area contributed by atoms with Gasteiger partial charge in [-0.3, -0.25) is 9.69 Å². The van der Waals surface area contributed by atoms with Gasteiger partial charge in [0.2, 0.25) is 5.91 Å². The third kappa shape index (κ3) is 4.24. The molecule has 5 nitrogen and oxygen atoms in total. The molecule has 1 amide bonds. The first kappa shape index (κ1) is 18.2. The molecule has 2 aliphatic heterocycles. The molecule has 0 atom stereocenters. The Bertz CT molecular complexity index is 741. The van der Waals surface area contributed by atoms with Gasteiger partial charge in [-0.2, -0.15) is 0 Å². The van der Waals surface area contributed by atoms with E-state index in [0.717, 1.165) is 57.7 Å². The van der Waals surface area contributed by atoms with Gasteiger partial charge in [-0.05, 0) is 50.3 Å². The minimum absolute atomic E-state index is 0.298. The van der Waals surface area contributed by atoms with Crippen molar-refractivity contribution in [1.29, 1.82) is 0 Å². The lowest BCUT2D eigenvalue weighted by molar-refractivity contribution is -0.133. The number of nitrogens with zero attached hydrogens (tertiary/aromatic N) is 4. The van der Waals surface area contributed by atoms with Crippen molar-refractivity contribution in [2.45, 2.75) is 37.5 Å². The van der Waals surface area contributed by atoms with E-state index in [1.807, 2.05) is 12.4 Å². The van der Waals surface area contributed by atoms with Gasteiger partial charge in [0.25, 0.3) is 0 Å². The van der Waals surface area contributed by atoms with E-state index in [-0.39, 0.29) is 0 Å². The summed E-state index contributed by atoms with van der Waals surface area (Å²) in [6.07, 6.45) is 8.22. The monoisotopic (exact) mass is 366 g/mol. The Labute approximate surface area is 162 Å². The molecule has 3 heterocycles. The molecule has 0 radical (unpaired) electrons. The van der Waals surface area contributed by atoms with E-state index in [2.05, 4.69) is 56.7 Å². The van der Waals surface area contributed by atoms with Gasteiger partial charge in [0.1, 0.15) is 5.82 Å². The Morgan fingerprint density at radius 1 is 1.00 bits per heavy atom. The van der Waals surface area contributed by atoms with Crippen LogP contribution in [0.5, 0.6) is 0 Å². The average Bonchev–Trinajstić information content (AvgIpc) is 3.15. The molecule has 2 aromatic rings. The fourth-order valence-electron chi connectivity index (χ4n) is 4.60. The van der Waals surface area contributed by atoms with Crippen LogP contribution in [-0.2, 0) is 11.8 Å². The van der Waals surface area contributed by atoms with Gasteiger partial charge in [-0.25, -0.2) is 4.98 Å². The minimum Gasteiger partial charge on any atom is -0.342 e. The fourth-order valence-corrected chi connectivity index (χ4v) is 4.60. The summed E-state index contributed by atoms with van der Waals surface area (Å²) >= 11 is 0. The highest BCUT2D eigenvalue weighted by Gasteiger charge is 2.28. The van der Waals surface area contributed by atoms with Crippen molar-refractivity contribution >= 4 is 5.91 Å². The van der Waals surface area contributed by atoms with E-state index in [9.17, 15) is 4.79 Å². The van der Waals surface area contributed by atoms with Gasteiger partial charge < -0.3 is 9.47 Å².